The van der Waals surface area contributed by atoms with E-state index in [0.29, 0.717) is 30.4 Å². The molecule has 3 rings (SSSR count). The normalized spacial score (nSPS) is 26.4. The highest BCUT2D eigenvalue weighted by molar-refractivity contribution is 7.83. The zero-order valence-corrected chi connectivity index (χ0v) is 9.18. The maximum atomic E-state index is 13.0. The minimum absolute atomic E-state index is 0.351. The molecule has 1 N–H and O–H groups in total. The van der Waals surface area contributed by atoms with Gasteiger partial charge in [0, 0.05) is 0 Å². The van der Waals surface area contributed by atoms with E-state index in [1.54, 1.807) is 0 Å². The van der Waals surface area contributed by atoms with Crippen molar-refractivity contribution in [3.8, 4) is 5.75 Å². The van der Waals surface area contributed by atoms with Gasteiger partial charge in [-0.2, -0.15) is 0 Å². The molecular formula is C10H10FNO3S. The van der Waals surface area contributed by atoms with Crippen LogP contribution in [-0.2, 0) is 15.7 Å². The third-order valence-electron chi connectivity index (χ3n) is 2.69. The van der Waals surface area contributed by atoms with Crippen LogP contribution in [-0.4, -0.2) is 29.6 Å². The van der Waals surface area contributed by atoms with Crippen LogP contribution in [0.3, 0.4) is 0 Å². The van der Waals surface area contributed by atoms with Crippen LogP contribution in [0.4, 0.5) is 4.39 Å². The predicted molar refractivity (Wildman–Crippen MR) is 55.0 cm³/mol. The number of benzene rings is 1. The van der Waals surface area contributed by atoms with Crippen molar-refractivity contribution in [2.75, 3.05) is 19.8 Å². The molecule has 2 aliphatic heterocycles. The van der Waals surface area contributed by atoms with Gasteiger partial charge in [-0.1, -0.05) is 0 Å². The van der Waals surface area contributed by atoms with E-state index in [1.165, 1.54) is 18.2 Å². The molecule has 0 amide bonds. The van der Waals surface area contributed by atoms with Gasteiger partial charge in [-0.25, -0.2) is 13.3 Å². The fourth-order valence-electron chi connectivity index (χ4n) is 1.75. The number of rotatable bonds is 0. The number of halogens is 1. The topological polar surface area (TPSA) is 47.6 Å². The van der Waals surface area contributed by atoms with Crippen LogP contribution < -0.4 is 9.46 Å². The van der Waals surface area contributed by atoms with Crippen molar-refractivity contribution in [2.24, 2.45) is 0 Å². The summed E-state index contributed by atoms with van der Waals surface area (Å²) in [7, 11) is -1.43. The van der Waals surface area contributed by atoms with Crippen LogP contribution >= 0.6 is 0 Å². The van der Waals surface area contributed by atoms with Crippen LogP contribution in [0.2, 0.25) is 0 Å². The van der Waals surface area contributed by atoms with E-state index in [2.05, 4.69) is 4.72 Å². The Labute approximate surface area is 94.3 Å². The first-order chi connectivity index (χ1) is 7.69. The molecule has 6 heteroatoms. The molecule has 0 radical (unpaired) electrons. The van der Waals surface area contributed by atoms with Crippen molar-refractivity contribution >= 4 is 11.0 Å². The molecule has 2 aliphatic rings. The largest absolute Gasteiger partial charge is 0.480 e. The lowest BCUT2D eigenvalue weighted by Gasteiger charge is -2.40. The van der Waals surface area contributed by atoms with Gasteiger partial charge in [0.2, 0.25) is 0 Å². The lowest BCUT2D eigenvalue weighted by Crippen LogP contribution is -2.59. The second-order valence-electron chi connectivity index (χ2n) is 3.96. The number of hydrogen-bond donors (Lipinski definition) is 1. The summed E-state index contributed by atoms with van der Waals surface area (Å²) >= 11 is 0. The summed E-state index contributed by atoms with van der Waals surface area (Å²) in [6, 6.07) is 4.04. The maximum Gasteiger partial charge on any atom is 0.169 e. The quantitative estimate of drug-likeness (QED) is 0.726. The standard InChI is InChI=1S/C10H10FNO3S/c11-7-1-2-8-9(3-7)16(13)12-4-10(15-8)5-14-6-10/h1-3,12H,4-6H2. The highest BCUT2D eigenvalue weighted by atomic mass is 32.2. The molecule has 0 aromatic heterocycles. The Morgan fingerprint density at radius 1 is 1.44 bits per heavy atom. The summed E-state index contributed by atoms with van der Waals surface area (Å²) in [4.78, 5) is 0.351. The lowest BCUT2D eigenvalue weighted by atomic mass is 10.0. The Hall–Kier alpha value is -0.980. The van der Waals surface area contributed by atoms with Gasteiger partial charge in [0.15, 0.2) is 5.60 Å². The monoisotopic (exact) mass is 243 g/mol. The van der Waals surface area contributed by atoms with Crippen molar-refractivity contribution < 1.29 is 18.1 Å². The molecule has 16 heavy (non-hydrogen) atoms. The molecule has 1 saturated heterocycles. The van der Waals surface area contributed by atoms with E-state index in [9.17, 15) is 8.60 Å². The van der Waals surface area contributed by atoms with Crippen molar-refractivity contribution in [1.82, 2.24) is 4.72 Å². The van der Waals surface area contributed by atoms with Crippen molar-refractivity contribution in [2.45, 2.75) is 10.5 Å². The van der Waals surface area contributed by atoms with Crippen molar-refractivity contribution in [1.29, 1.82) is 0 Å². The van der Waals surface area contributed by atoms with E-state index in [0.717, 1.165) is 0 Å². The van der Waals surface area contributed by atoms with E-state index in [1.807, 2.05) is 0 Å². The number of ether oxygens (including phenoxy) is 2. The molecule has 4 nitrogen and oxygen atoms in total. The molecule has 0 aliphatic carbocycles. The third-order valence-corrected chi connectivity index (χ3v) is 3.81. The Morgan fingerprint density at radius 2 is 2.25 bits per heavy atom. The SMILES string of the molecule is O=S1NCC2(COC2)Oc2ccc(F)cc21. The third kappa shape index (κ3) is 1.53. The van der Waals surface area contributed by atoms with Crippen molar-refractivity contribution in [3.05, 3.63) is 24.0 Å². The second kappa shape index (κ2) is 3.51. The molecule has 0 saturated carbocycles. The number of fused-ring (bicyclic) bond motifs is 1. The fraction of sp³-hybridized carbons (Fsp3) is 0.400. The summed E-state index contributed by atoms with van der Waals surface area (Å²) in [5, 5.41) is 0. The van der Waals surface area contributed by atoms with Crippen LogP contribution in [0, 0.1) is 5.82 Å². The van der Waals surface area contributed by atoms with Gasteiger partial charge in [-0.15, -0.1) is 0 Å². The average molecular weight is 243 g/mol. The van der Waals surface area contributed by atoms with Crippen molar-refractivity contribution in [3.63, 3.8) is 0 Å². The van der Waals surface area contributed by atoms with Gasteiger partial charge in [-0.3, -0.25) is 0 Å². The summed E-state index contributed by atoms with van der Waals surface area (Å²) in [6.45, 7) is 1.37. The van der Waals surface area contributed by atoms with Gasteiger partial charge >= 0.3 is 0 Å². The van der Waals surface area contributed by atoms with Gasteiger partial charge < -0.3 is 9.47 Å². The Kier molecular flexibility index (Phi) is 2.24. The van der Waals surface area contributed by atoms with E-state index in [-0.39, 0.29) is 0 Å². The predicted octanol–water partition coefficient (Wildman–Crippen LogP) is 0.599. The Balaban J connectivity index is 2.03. The summed E-state index contributed by atoms with van der Waals surface area (Å²) in [5.41, 5.74) is -0.446. The van der Waals surface area contributed by atoms with Crippen LogP contribution in [0.15, 0.2) is 23.1 Å². The van der Waals surface area contributed by atoms with Crippen LogP contribution in [0.25, 0.3) is 0 Å². The first-order valence-electron chi connectivity index (χ1n) is 4.90. The molecule has 1 spiro atoms. The molecule has 1 aromatic carbocycles. The Bertz CT molecular complexity index is 461. The molecule has 1 fully saturated rings. The average Bonchev–Trinajstić information content (AvgIpc) is 2.36. The summed E-state index contributed by atoms with van der Waals surface area (Å²) < 4.78 is 38.5. The number of hydrogen-bond acceptors (Lipinski definition) is 3. The van der Waals surface area contributed by atoms with Gasteiger partial charge in [0.1, 0.15) is 22.6 Å². The second-order valence-corrected chi connectivity index (χ2v) is 5.22. The van der Waals surface area contributed by atoms with E-state index in [4.69, 9.17) is 9.47 Å². The minimum Gasteiger partial charge on any atom is -0.480 e. The zero-order valence-electron chi connectivity index (χ0n) is 8.36. The molecule has 1 unspecified atom stereocenters. The van der Waals surface area contributed by atoms with Gasteiger partial charge in [0.25, 0.3) is 0 Å². The maximum absolute atomic E-state index is 13.0. The number of nitrogens with one attached hydrogen (secondary N) is 1. The molecule has 0 bridgehead atoms. The summed E-state index contributed by atoms with van der Waals surface area (Å²) in [6.07, 6.45) is 0. The Morgan fingerprint density at radius 3 is 2.94 bits per heavy atom. The minimum atomic E-state index is -1.43. The highest BCUT2D eigenvalue weighted by Gasteiger charge is 2.43. The molecular weight excluding hydrogens is 233 g/mol. The first-order valence-corrected chi connectivity index (χ1v) is 6.05. The molecule has 1 aromatic rings. The fourth-order valence-corrected chi connectivity index (χ4v) is 2.81. The highest BCUT2D eigenvalue weighted by Crippen LogP contribution is 2.32. The zero-order chi connectivity index (χ0) is 11.2. The van der Waals surface area contributed by atoms with Gasteiger partial charge in [-0.05, 0) is 18.2 Å². The lowest BCUT2D eigenvalue weighted by molar-refractivity contribution is -0.156. The summed E-state index contributed by atoms with van der Waals surface area (Å²) in [5.74, 6) is 0.0475. The molecule has 1 atom stereocenters. The smallest absolute Gasteiger partial charge is 0.169 e. The molecule has 86 valence electrons. The van der Waals surface area contributed by atoms with E-state index < -0.39 is 22.4 Å². The van der Waals surface area contributed by atoms with Crippen LogP contribution in [0.1, 0.15) is 0 Å². The molecule has 2 heterocycles. The van der Waals surface area contributed by atoms with Gasteiger partial charge in [0.05, 0.1) is 24.7 Å². The van der Waals surface area contributed by atoms with Crippen LogP contribution in [0.5, 0.6) is 5.75 Å². The first kappa shape index (κ1) is 10.2. The van der Waals surface area contributed by atoms with E-state index >= 15 is 0 Å².